The third-order valence-electron chi connectivity index (χ3n) is 2.56. The number of rotatable bonds is 4. The summed E-state index contributed by atoms with van der Waals surface area (Å²) in [6.07, 6.45) is -4.92. The largest absolute Gasteiger partial charge is 0.475 e. The Kier molecular flexibility index (Phi) is 4.70. The predicted octanol–water partition coefficient (Wildman–Crippen LogP) is 3.07. The number of carboxylic acid groups (broad SMARTS) is 1. The number of carbonyl (C=O) groups is 2. The van der Waals surface area contributed by atoms with Gasteiger partial charge in [-0.25, -0.2) is 4.79 Å². The van der Waals surface area contributed by atoms with E-state index in [1.54, 1.807) is 20.8 Å². The molecule has 8 heteroatoms. The van der Waals surface area contributed by atoms with E-state index in [1.165, 1.54) is 0 Å². The predicted molar refractivity (Wildman–Crippen MR) is 67.0 cm³/mol. The van der Waals surface area contributed by atoms with Gasteiger partial charge in [0, 0.05) is 0 Å². The van der Waals surface area contributed by atoms with Crippen LogP contribution in [0.4, 0.5) is 13.2 Å². The first kappa shape index (κ1) is 17.1. The molecule has 0 aliphatic carbocycles. The molecule has 1 unspecified atom stereocenters. The van der Waals surface area contributed by atoms with Crippen molar-refractivity contribution in [1.82, 2.24) is 5.32 Å². The molecule has 0 aliphatic rings. The molecule has 0 saturated carbocycles. The van der Waals surface area contributed by atoms with E-state index in [0.717, 1.165) is 12.1 Å². The molecule has 1 heterocycles. The summed E-state index contributed by atoms with van der Waals surface area (Å²) in [5.74, 6) is -3.50. The first-order valence-corrected chi connectivity index (χ1v) is 6.11. The highest BCUT2D eigenvalue weighted by molar-refractivity contribution is 5.93. The lowest BCUT2D eigenvalue weighted by Crippen LogP contribution is -2.47. The van der Waals surface area contributed by atoms with Crippen LogP contribution in [0.3, 0.4) is 0 Å². The van der Waals surface area contributed by atoms with Crippen LogP contribution in [0.2, 0.25) is 0 Å². The number of aromatic carboxylic acids is 1. The second-order valence-electron chi connectivity index (χ2n) is 5.80. The van der Waals surface area contributed by atoms with Gasteiger partial charge in [0.25, 0.3) is 5.91 Å². The summed E-state index contributed by atoms with van der Waals surface area (Å²) in [5, 5.41) is 10.5. The van der Waals surface area contributed by atoms with Crippen molar-refractivity contribution < 1.29 is 32.3 Å². The summed E-state index contributed by atoms with van der Waals surface area (Å²) < 4.78 is 43.4. The number of nitrogens with one attached hydrogen (secondary N) is 1. The second kappa shape index (κ2) is 5.79. The van der Waals surface area contributed by atoms with Crippen LogP contribution in [0.5, 0.6) is 0 Å². The number of hydrogen-bond acceptors (Lipinski definition) is 3. The van der Waals surface area contributed by atoms with Crippen LogP contribution >= 0.6 is 0 Å². The Labute approximate surface area is 119 Å². The molecule has 1 amide bonds. The molecule has 0 radical (unpaired) electrons. The van der Waals surface area contributed by atoms with Crippen LogP contribution in [0.15, 0.2) is 16.5 Å². The topological polar surface area (TPSA) is 79.5 Å². The molecule has 0 fully saturated rings. The Morgan fingerprint density at radius 1 is 1.24 bits per heavy atom. The van der Waals surface area contributed by atoms with Crippen molar-refractivity contribution in [2.24, 2.45) is 5.41 Å². The fourth-order valence-corrected chi connectivity index (χ4v) is 1.67. The number of halogens is 3. The Bertz CT molecular complexity index is 528. The molecular weight excluding hydrogens is 291 g/mol. The van der Waals surface area contributed by atoms with E-state index in [1.807, 2.05) is 5.32 Å². The smallest absolute Gasteiger partial charge is 0.408 e. The van der Waals surface area contributed by atoms with Crippen molar-refractivity contribution in [2.75, 3.05) is 0 Å². The summed E-state index contributed by atoms with van der Waals surface area (Å²) in [7, 11) is 0. The molecule has 1 atom stereocenters. The molecule has 21 heavy (non-hydrogen) atoms. The van der Waals surface area contributed by atoms with E-state index < -0.39 is 41.0 Å². The first-order valence-electron chi connectivity index (χ1n) is 6.11. The third kappa shape index (κ3) is 5.13. The van der Waals surface area contributed by atoms with Gasteiger partial charge in [-0.3, -0.25) is 4.79 Å². The summed E-state index contributed by atoms with van der Waals surface area (Å²) in [4.78, 5) is 22.3. The zero-order chi connectivity index (χ0) is 16.4. The zero-order valence-corrected chi connectivity index (χ0v) is 11.7. The van der Waals surface area contributed by atoms with Gasteiger partial charge in [0.05, 0.1) is 0 Å². The van der Waals surface area contributed by atoms with Crippen LogP contribution in [0.25, 0.3) is 0 Å². The van der Waals surface area contributed by atoms with Crippen molar-refractivity contribution >= 4 is 11.9 Å². The molecular formula is C13H16F3NO4. The minimum atomic E-state index is -4.61. The highest BCUT2D eigenvalue weighted by Crippen LogP contribution is 2.30. The molecule has 0 saturated heterocycles. The highest BCUT2D eigenvalue weighted by Gasteiger charge is 2.43. The zero-order valence-electron chi connectivity index (χ0n) is 11.7. The first-order chi connectivity index (χ1) is 9.40. The number of carboxylic acids is 1. The summed E-state index contributed by atoms with van der Waals surface area (Å²) in [6.45, 7) is 4.86. The van der Waals surface area contributed by atoms with Gasteiger partial charge in [-0.1, -0.05) is 20.8 Å². The monoisotopic (exact) mass is 307 g/mol. The lowest BCUT2D eigenvalue weighted by molar-refractivity contribution is -0.159. The highest BCUT2D eigenvalue weighted by atomic mass is 19.4. The minimum absolute atomic E-state index is 0.311. The van der Waals surface area contributed by atoms with Crippen LogP contribution < -0.4 is 5.32 Å². The van der Waals surface area contributed by atoms with E-state index in [4.69, 9.17) is 5.11 Å². The molecule has 2 N–H and O–H groups in total. The molecule has 1 aromatic heterocycles. The molecule has 0 bridgehead atoms. The summed E-state index contributed by atoms with van der Waals surface area (Å²) in [6, 6.07) is -0.0178. The second-order valence-corrected chi connectivity index (χ2v) is 5.80. The number of alkyl halides is 3. The fraction of sp³-hybridized carbons (Fsp3) is 0.538. The lowest BCUT2D eigenvalue weighted by atomic mass is 9.88. The van der Waals surface area contributed by atoms with Gasteiger partial charge in [-0.05, 0) is 24.0 Å². The van der Waals surface area contributed by atoms with Crippen molar-refractivity contribution in [3.05, 3.63) is 23.7 Å². The number of amides is 1. The van der Waals surface area contributed by atoms with Gasteiger partial charge in [0.2, 0.25) is 5.76 Å². The maximum atomic E-state index is 12.9. The van der Waals surface area contributed by atoms with Gasteiger partial charge >= 0.3 is 12.1 Å². The fourth-order valence-electron chi connectivity index (χ4n) is 1.67. The van der Waals surface area contributed by atoms with Gasteiger partial charge in [0.15, 0.2) is 5.76 Å². The van der Waals surface area contributed by atoms with Crippen LogP contribution in [-0.4, -0.2) is 29.2 Å². The molecule has 0 spiro atoms. The van der Waals surface area contributed by atoms with Crippen LogP contribution in [0, 0.1) is 5.41 Å². The van der Waals surface area contributed by atoms with Crippen molar-refractivity contribution in [3.63, 3.8) is 0 Å². The normalized spacial score (nSPS) is 13.8. The molecule has 1 aromatic rings. The van der Waals surface area contributed by atoms with E-state index >= 15 is 0 Å². The number of carbonyl (C=O) groups excluding carboxylic acids is 1. The van der Waals surface area contributed by atoms with Crippen LogP contribution in [0.1, 0.15) is 48.3 Å². The number of furan rings is 1. The Hall–Kier alpha value is -1.99. The number of hydrogen-bond donors (Lipinski definition) is 2. The average molecular weight is 307 g/mol. The summed E-state index contributed by atoms with van der Waals surface area (Å²) >= 11 is 0. The van der Waals surface area contributed by atoms with Gasteiger partial charge in [-0.15, -0.1) is 0 Å². The van der Waals surface area contributed by atoms with E-state index in [2.05, 4.69) is 4.42 Å². The molecule has 0 aliphatic heterocycles. The van der Waals surface area contributed by atoms with E-state index in [-0.39, 0.29) is 6.42 Å². The van der Waals surface area contributed by atoms with Gasteiger partial charge in [0.1, 0.15) is 6.04 Å². The van der Waals surface area contributed by atoms with Crippen molar-refractivity contribution in [3.8, 4) is 0 Å². The lowest BCUT2D eigenvalue weighted by Gasteiger charge is -2.28. The van der Waals surface area contributed by atoms with Gasteiger partial charge < -0.3 is 14.8 Å². The maximum Gasteiger partial charge on any atom is 0.408 e. The van der Waals surface area contributed by atoms with Gasteiger partial charge in [-0.2, -0.15) is 13.2 Å². The minimum Gasteiger partial charge on any atom is -0.475 e. The van der Waals surface area contributed by atoms with E-state index in [9.17, 15) is 22.8 Å². The standard InChI is InChI=1S/C13H16F3NO4/c1-12(2,3)6-9(13(14,15)16)17-10(18)7-4-5-8(21-7)11(19)20/h4-5,9H,6H2,1-3H3,(H,17,18)(H,19,20). The Morgan fingerprint density at radius 2 is 1.76 bits per heavy atom. The van der Waals surface area contributed by atoms with E-state index in [0.29, 0.717) is 0 Å². The SMILES string of the molecule is CC(C)(C)CC(NC(=O)c1ccc(C(=O)O)o1)C(F)(F)F. The summed E-state index contributed by atoms with van der Waals surface area (Å²) in [5.41, 5.74) is -0.650. The molecule has 0 aromatic carbocycles. The van der Waals surface area contributed by atoms with Crippen molar-refractivity contribution in [1.29, 1.82) is 0 Å². The molecule has 1 rings (SSSR count). The average Bonchev–Trinajstić information content (AvgIpc) is 2.74. The third-order valence-corrected chi connectivity index (χ3v) is 2.56. The quantitative estimate of drug-likeness (QED) is 0.896. The van der Waals surface area contributed by atoms with Crippen molar-refractivity contribution in [2.45, 2.75) is 39.4 Å². The Balaban J connectivity index is 2.87. The molecule has 118 valence electrons. The van der Waals surface area contributed by atoms with Crippen LogP contribution in [-0.2, 0) is 0 Å². The molecule has 5 nitrogen and oxygen atoms in total. The maximum absolute atomic E-state index is 12.9. The Morgan fingerprint density at radius 3 is 2.14 bits per heavy atom.